The van der Waals surface area contributed by atoms with Crippen LogP contribution in [-0.2, 0) is 27.9 Å². The lowest BCUT2D eigenvalue weighted by Crippen LogP contribution is -2.47. The molecule has 0 saturated heterocycles. The largest absolute Gasteiger partial charge is 0.756 e. The molecule has 0 fully saturated rings. The number of nitrogens with zero attached hydrogens (tertiary/aromatic N) is 1. The molecule has 9 nitrogen and oxygen atoms in total. The van der Waals surface area contributed by atoms with Gasteiger partial charge in [-0.1, -0.05) is 200 Å². The van der Waals surface area contributed by atoms with E-state index in [1.165, 1.54) is 44.9 Å². The summed E-state index contributed by atoms with van der Waals surface area (Å²) in [6.07, 6.45) is 67.6. The Labute approximate surface area is 429 Å². The molecule has 0 radical (unpaired) electrons. The average Bonchev–Trinajstić information content (AvgIpc) is 3.32. The second-order valence-electron chi connectivity index (χ2n) is 19.0. The second-order valence-corrected chi connectivity index (χ2v) is 20.4. The molecular formula is C60H101N2O7P. The minimum Gasteiger partial charge on any atom is -0.756 e. The molecule has 0 aromatic heterocycles. The zero-order valence-corrected chi connectivity index (χ0v) is 46.1. The van der Waals surface area contributed by atoms with E-state index in [1.54, 1.807) is 6.08 Å². The molecule has 0 aromatic rings. The molecule has 70 heavy (non-hydrogen) atoms. The van der Waals surface area contributed by atoms with Crippen LogP contribution in [0.25, 0.3) is 0 Å². The van der Waals surface area contributed by atoms with Gasteiger partial charge in [-0.2, -0.15) is 0 Å². The van der Waals surface area contributed by atoms with Gasteiger partial charge in [0.15, 0.2) is 0 Å². The standard InChI is InChI=1S/C60H101N2O7P/c1-7-10-13-16-19-22-25-27-29-30-31-32-33-34-37-40-43-46-49-52-59(63)61-57(56-68-70(65,66)67-55-54-62(4,5)6)58(51-48-45-42-39-36-24-21-18-15-12-9-3)69-60(64)53-50-47-44-41-38-35-28-26-23-20-17-14-11-8-2/h10-11,13-14,19-20,22-23,27-29,31-32,34-35,37,43,46,48,51,57-58H,7-9,12,15-18,21,24-26,30,33,36,38-42,44-45,47,49-50,52-56H2,1-6H3,(H-,61,63,65,66)/b13-10-,14-11+,22-19-,23-20+,29-27-,32-31-,35-28+,37-34-,46-43-,51-48-. The number of carbonyl (C=O) groups excluding carboxylic acids is 2. The van der Waals surface area contributed by atoms with Crippen LogP contribution < -0.4 is 10.2 Å². The number of carbonyl (C=O) groups is 2. The number of unbranched alkanes of at least 4 members (excludes halogenated alkanes) is 13. The highest BCUT2D eigenvalue weighted by Crippen LogP contribution is 2.38. The molecule has 0 aromatic carbocycles. The topological polar surface area (TPSA) is 114 Å². The van der Waals surface area contributed by atoms with Crippen molar-refractivity contribution in [3.63, 3.8) is 0 Å². The quantitative estimate of drug-likeness (QED) is 0.0212. The Hall–Kier alpha value is -3.59. The summed E-state index contributed by atoms with van der Waals surface area (Å²) in [4.78, 5) is 39.7. The molecule has 0 aliphatic rings. The van der Waals surface area contributed by atoms with E-state index < -0.39 is 26.6 Å². The van der Waals surface area contributed by atoms with Crippen LogP contribution in [0.4, 0.5) is 0 Å². The van der Waals surface area contributed by atoms with Crippen LogP contribution in [0, 0.1) is 0 Å². The first-order chi connectivity index (χ1) is 33.9. The van der Waals surface area contributed by atoms with Crippen LogP contribution in [0.15, 0.2) is 122 Å². The Morgan fingerprint density at radius 1 is 0.514 bits per heavy atom. The molecule has 0 aliphatic heterocycles. The summed E-state index contributed by atoms with van der Waals surface area (Å²) in [5.41, 5.74) is 0. The molecule has 0 bridgehead atoms. The summed E-state index contributed by atoms with van der Waals surface area (Å²) >= 11 is 0. The number of esters is 1. The van der Waals surface area contributed by atoms with Gasteiger partial charge in [0.25, 0.3) is 7.82 Å². The molecule has 0 aliphatic carbocycles. The van der Waals surface area contributed by atoms with Crippen LogP contribution in [0.5, 0.6) is 0 Å². The second kappa shape index (κ2) is 49.0. The van der Waals surface area contributed by atoms with Crippen molar-refractivity contribution in [2.75, 3.05) is 40.9 Å². The molecule has 0 rings (SSSR count). The third-order valence-corrected chi connectivity index (χ3v) is 12.1. The van der Waals surface area contributed by atoms with Crippen molar-refractivity contribution in [2.45, 2.75) is 206 Å². The lowest BCUT2D eigenvalue weighted by atomic mass is 10.1. The lowest BCUT2D eigenvalue weighted by molar-refractivity contribution is -0.870. The smallest absolute Gasteiger partial charge is 0.306 e. The fourth-order valence-electron chi connectivity index (χ4n) is 6.97. The number of phosphoric acid groups is 1. The van der Waals surface area contributed by atoms with Crippen LogP contribution in [0.1, 0.15) is 194 Å². The number of likely N-dealkylation sites (N-methyl/N-ethyl adjacent to an activating group) is 1. The molecule has 1 N–H and O–H groups in total. The van der Waals surface area contributed by atoms with Crippen molar-refractivity contribution in [3.8, 4) is 0 Å². The first-order valence-corrected chi connectivity index (χ1v) is 28.8. The summed E-state index contributed by atoms with van der Waals surface area (Å²) in [6.45, 7) is 6.49. The van der Waals surface area contributed by atoms with Crippen LogP contribution in [0.3, 0.4) is 0 Å². The minimum absolute atomic E-state index is 0.0465. The van der Waals surface area contributed by atoms with Gasteiger partial charge < -0.3 is 28.5 Å². The number of hydrogen-bond donors (Lipinski definition) is 1. The fourth-order valence-corrected chi connectivity index (χ4v) is 7.69. The molecule has 398 valence electrons. The molecule has 0 saturated carbocycles. The van der Waals surface area contributed by atoms with E-state index in [4.69, 9.17) is 13.8 Å². The van der Waals surface area contributed by atoms with Gasteiger partial charge in [0, 0.05) is 12.8 Å². The summed E-state index contributed by atoms with van der Waals surface area (Å²) in [7, 11) is 1.10. The van der Waals surface area contributed by atoms with Crippen molar-refractivity contribution < 1.29 is 37.3 Å². The van der Waals surface area contributed by atoms with Gasteiger partial charge in [0.2, 0.25) is 5.91 Å². The van der Waals surface area contributed by atoms with Gasteiger partial charge in [-0.05, 0) is 102 Å². The predicted molar refractivity (Wildman–Crippen MR) is 297 cm³/mol. The summed E-state index contributed by atoms with van der Waals surface area (Å²) in [5.74, 6) is -0.678. The molecule has 3 atom stereocenters. The van der Waals surface area contributed by atoms with E-state index in [0.717, 1.165) is 103 Å². The number of quaternary nitrogens is 1. The van der Waals surface area contributed by atoms with Gasteiger partial charge in [0.05, 0.1) is 33.8 Å². The Morgan fingerprint density at radius 3 is 1.40 bits per heavy atom. The van der Waals surface area contributed by atoms with Gasteiger partial charge in [-0.25, -0.2) is 0 Å². The van der Waals surface area contributed by atoms with E-state index in [9.17, 15) is 19.0 Å². The molecule has 0 spiro atoms. The van der Waals surface area contributed by atoms with Crippen molar-refractivity contribution in [2.24, 2.45) is 0 Å². The normalized spacial score (nSPS) is 14.8. The number of allylic oxidation sites excluding steroid dienone is 19. The number of phosphoric ester groups is 1. The Morgan fingerprint density at radius 2 is 0.929 bits per heavy atom. The lowest BCUT2D eigenvalue weighted by Gasteiger charge is -2.30. The maximum Gasteiger partial charge on any atom is 0.306 e. The van der Waals surface area contributed by atoms with Gasteiger partial charge in [0.1, 0.15) is 19.3 Å². The van der Waals surface area contributed by atoms with Crippen LogP contribution >= 0.6 is 7.82 Å². The maximum absolute atomic E-state index is 13.4. The fraction of sp³-hybridized carbons (Fsp3) is 0.633. The zero-order chi connectivity index (χ0) is 51.5. The first kappa shape index (κ1) is 66.4. The van der Waals surface area contributed by atoms with Gasteiger partial charge >= 0.3 is 5.97 Å². The monoisotopic (exact) mass is 993 g/mol. The van der Waals surface area contributed by atoms with E-state index >= 15 is 0 Å². The number of rotatable bonds is 47. The summed E-state index contributed by atoms with van der Waals surface area (Å²) in [5, 5.41) is 2.95. The first-order valence-electron chi connectivity index (χ1n) is 27.3. The van der Waals surface area contributed by atoms with Crippen LogP contribution in [0.2, 0.25) is 0 Å². The number of amides is 1. The van der Waals surface area contributed by atoms with Crippen molar-refractivity contribution >= 4 is 19.7 Å². The predicted octanol–water partition coefficient (Wildman–Crippen LogP) is 15.7. The molecule has 0 heterocycles. The van der Waals surface area contributed by atoms with Crippen molar-refractivity contribution in [1.82, 2.24) is 5.32 Å². The SMILES string of the molecule is CC/C=C\C/C=C\C/C=C\C/C=C\C/C=C\C/C=C\CCC(=O)NC(COP(=O)([O-])OCC[N+](C)(C)C)C(/C=C\CCCCCCCCCCC)OC(=O)CCCCCC/C=C/C/C=C/C/C=C/CC. The average molecular weight is 993 g/mol. The van der Waals surface area contributed by atoms with E-state index in [2.05, 4.69) is 123 Å². The van der Waals surface area contributed by atoms with E-state index in [0.29, 0.717) is 23.9 Å². The third kappa shape index (κ3) is 49.4. The van der Waals surface area contributed by atoms with Crippen molar-refractivity contribution in [1.29, 1.82) is 0 Å². The summed E-state index contributed by atoms with van der Waals surface area (Å²) in [6, 6.07) is -0.945. The van der Waals surface area contributed by atoms with Crippen LogP contribution in [-0.4, -0.2) is 69.4 Å². The Kier molecular flexibility index (Phi) is 46.5. The van der Waals surface area contributed by atoms with Gasteiger partial charge in [-0.3, -0.25) is 14.2 Å². The number of ether oxygens (including phenoxy) is 1. The highest BCUT2D eigenvalue weighted by atomic mass is 31.2. The Bertz CT molecular complexity index is 1610. The number of nitrogens with one attached hydrogen (secondary N) is 1. The third-order valence-electron chi connectivity index (χ3n) is 11.2. The van der Waals surface area contributed by atoms with Crippen molar-refractivity contribution in [3.05, 3.63) is 122 Å². The molecule has 1 amide bonds. The maximum atomic E-state index is 13.4. The van der Waals surface area contributed by atoms with E-state index in [-0.39, 0.29) is 31.3 Å². The Balaban J connectivity index is 5.52. The zero-order valence-electron chi connectivity index (χ0n) is 45.2. The molecular weight excluding hydrogens is 892 g/mol. The van der Waals surface area contributed by atoms with Gasteiger partial charge in [-0.15, -0.1) is 0 Å². The number of hydrogen-bond acceptors (Lipinski definition) is 7. The minimum atomic E-state index is -4.72. The molecule has 3 unspecified atom stereocenters. The highest BCUT2D eigenvalue weighted by Gasteiger charge is 2.27. The molecule has 10 heteroatoms. The highest BCUT2D eigenvalue weighted by molar-refractivity contribution is 7.45. The summed E-state index contributed by atoms with van der Waals surface area (Å²) < 4.78 is 30.1. The van der Waals surface area contributed by atoms with E-state index in [1.807, 2.05) is 39.4 Å².